The Bertz CT molecular complexity index is 1430. The van der Waals surface area contributed by atoms with E-state index in [1.54, 1.807) is 11.6 Å². The molecule has 3 aromatic heterocycles. The Balaban J connectivity index is 1.17. The quantitative estimate of drug-likeness (QED) is 0.538. The highest BCUT2D eigenvalue weighted by Gasteiger charge is 2.33. The second-order valence-corrected chi connectivity index (χ2v) is 10.4. The van der Waals surface area contributed by atoms with Crippen molar-refractivity contribution >= 4 is 17.4 Å². The fourth-order valence-electron chi connectivity index (χ4n) is 5.99. The molecule has 0 aromatic carbocycles. The van der Waals surface area contributed by atoms with E-state index in [9.17, 15) is 4.79 Å². The molecule has 3 aliphatic heterocycles. The van der Waals surface area contributed by atoms with Gasteiger partial charge in [0, 0.05) is 61.3 Å². The van der Waals surface area contributed by atoms with Crippen LogP contribution in [0.1, 0.15) is 49.1 Å². The lowest BCUT2D eigenvalue weighted by Crippen LogP contribution is -2.43. The number of nitrogens with one attached hydrogen (secondary N) is 1. The van der Waals surface area contributed by atoms with Crippen LogP contribution >= 0.6 is 0 Å². The van der Waals surface area contributed by atoms with Crippen LogP contribution in [0, 0.1) is 18.8 Å². The van der Waals surface area contributed by atoms with Gasteiger partial charge >= 0.3 is 0 Å². The fraction of sp³-hybridized carbons (Fsp3) is 0.448. The Kier molecular flexibility index (Phi) is 6.50. The average molecular weight is 512 g/mol. The minimum absolute atomic E-state index is 0.0483. The van der Waals surface area contributed by atoms with E-state index in [1.165, 1.54) is 0 Å². The number of amides is 1. The van der Waals surface area contributed by atoms with Crippen LogP contribution in [0.4, 0.5) is 11.5 Å². The number of piperidine rings is 1. The molecule has 2 fully saturated rings. The molecular weight excluding hydrogens is 478 g/mol. The van der Waals surface area contributed by atoms with E-state index in [0.29, 0.717) is 18.6 Å². The molecule has 1 N–H and O–H groups in total. The zero-order valence-electron chi connectivity index (χ0n) is 22.2. The molecule has 1 atom stereocenters. The number of hydrogen-bond donors (Lipinski definition) is 1. The van der Waals surface area contributed by atoms with Crippen molar-refractivity contribution in [2.45, 2.75) is 51.7 Å². The molecule has 6 heterocycles. The van der Waals surface area contributed by atoms with Crippen molar-refractivity contribution in [2.75, 3.05) is 31.5 Å². The maximum atomic E-state index is 12.2. The van der Waals surface area contributed by atoms with Crippen molar-refractivity contribution in [3.8, 4) is 28.7 Å². The first-order valence-corrected chi connectivity index (χ1v) is 13.3. The number of carbonyl (C=O) groups excluding carboxylic acids is 1. The normalized spacial score (nSPS) is 19.4. The van der Waals surface area contributed by atoms with Gasteiger partial charge in [0.05, 0.1) is 17.6 Å². The second kappa shape index (κ2) is 10.1. The van der Waals surface area contributed by atoms with Crippen LogP contribution in [-0.4, -0.2) is 67.7 Å². The van der Waals surface area contributed by atoms with Gasteiger partial charge < -0.3 is 15.0 Å². The molecule has 9 nitrogen and oxygen atoms in total. The lowest BCUT2D eigenvalue weighted by atomic mass is 9.91. The number of ether oxygens (including phenoxy) is 1. The summed E-state index contributed by atoms with van der Waals surface area (Å²) in [4.78, 5) is 26.2. The average Bonchev–Trinajstić information content (AvgIpc) is 3.54. The van der Waals surface area contributed by atoms with Gasteiger partial charge in [0.1, 0.15) is 12.4 Å². The first kappa shape index (κ1) is 24.4. The SMILES string of the molecule is CC#CC(=O)N1CC[C@@H](N2CCC(c3cc4c(c(C)n3)OCc3c(-c5cnn(C)c5)ccnc3N4)CC2)C1. The number of carbonyl (C=O) groups is 1. The van der Waals surface area contributed by atoms with Crippen molar-refractivity contribution in [2.24, 2.45) is 7.05 Å². The lowest BCUT2D eigenvalue weighted by Gasteiger charge is -2.36. The van der Waals surface area contributed by atoms with Gasteiger partial charge in [-0.25, -0.2) is 4.98 Å². The summed E-state index contributed by atoms with van der Waals surface area (Å²) in [6.07, 6.45) is 8.82. The van der Waals surface area contributed by atoms with Crippen molar-refractivity contribution in [3.05, 3.63) is 47.7 Å². The molecule has 0 aliphatic carbocycles. The zero-order valence-corrected chi connectivity index (χ0v) is 22.2. The molecule has 0 spiro atoms. The van der Waals surface area contributed by atoms with E-state index < -0.39 is 0 Å². The highest BCUT2D eigenvalue weighted by atomic mass is 16.5. The summed E-state index contributed by atoms with van der Waals surface area (Å²) in [7, 11) is 1.92. The Hall–Kier alpha value is -3.90. The van der Waals surface area contributed by atoms with Crippen molar-refractivity contribution < 1.29 is 9.53 Å². The second-order valence-electron chi connectivity index (χ2n) is 10.4. The smallest absolute Gasteiger partial charge is 0.298 e. The number of likely N-dealkylation sites (tertiary alicyclic amines) is 2. The van der Waals surface area contributed by atoms with Crippen LogP contribution in [-0.2, 0) is 18.4 Å². The van der Waals surface area contributed by atoms with Crippen molar-refractivity contribution in [1.29, 1.82) is 0 Å². The van der Waals surface area contributed by atoms with Gasteiger partial charge in [-0.15, -0.1) is 0 Å². The first-order chi connectivity index (χ1) is 18.5. The van der Waals surface area contributed by atoms with Crippen LogP contribution < -0.4 is 10.1 Å². The summed E-state index contributed by atoms with van der Waals surface area (Å²) >= 11 is 0. The summed E-state index contributed by atoms with van der Waals surface area (Å²) in [5.41, 5.74) is 6.04. The Morgan fingerprint density at radius 2 is 2.05 bits per heavy atom. The number of hydrogen-bond acceptors (Lipinski definition) is 7. The number of anilines is 2. The van der Waals surface area contributed by atoms with Gasteiger partial charge in [0.25, 0.3) is 5.91 Å². The molecule has 1 amide bonds. The van der Waals surface area contributed by atoms with Gasteiger partial charge in [0.2, 0.25) is 0 Å². The molecule has 0 radical (unpaired) electrons. The summed E-state index contributed by atoms with van der Waals surface area (Å²) in [5, 5.41) is 7.89. The van der Waals surface area contributed by atoms with E-state index in [0.717, 1.165) is 90.8 Å². The zero-order chi connectivity index (χ0) is 26.2. The number of pyridine rings is 2. The van der Waals surface area contributed by atoms with E-state index in [2.05, 4.69) is 38.2 Å². The number of rotatable bonds is 3. The third kappa shape index (κ3) is 4.61. The monoisotopic (exact) mass is 511 g/mol. The third-order valence-corrected chi connectivity index (χ3v) is 7.99. The molecule has 3 aliphatic rings. The first-order valence-electron chi connectivity index (χ1n) is 13.3. The Labute approximate surface area is 223 Å². The minimum atomic E-state index is -0.0483. The number of nitrogens with zero attached hydrogens (tertiary/aromatic N) is 6. The summed E-state index contributed by atoms with van der Waals surface area (Å²) in [6.45, 7) is 7.75. The van der Waals surface area contributed by atoms with Crippen LogP contribution in [0.2, 0.25) is 0 Å². The molecule has 0 bridgehead atoms. The molecule has 3 aromatic rings. The summed E-state index contributed by atoms with van der Waals surface area (Å²) in [5.74, 6) is 7.34. The predicted molar refractivity (Wildman–Crippen MR) is 145 cm³/mol. The molecule has 0 saturated carbocycles. The Morgan fingerprint density at radius 1 is 1.21 bits per heavy atom. The molecule has 196 valence electrons. The minimum Gasteiger partial charge on any atom is -0.485 e. The topological polar surface area (TPSA) is 88.4 Å². The van der Waals surface area contributed by atoms with Crippen LogP contribution in [0.5, 0.6) is 5.75 Å². The molecule has 2 saturated heterocycles. The van der Waals surface area contributed by atoms with Gasteiger partial charge in [-0.2, -0.15) is 5.10 Å². The van der Waals surface area contributed by atoms with E-state index in [-0.39, 0.29) is 5.91 Å². The maximum absolute atomic E-state index is 12.2. The van der Waals surface area contributed by atoms with Gasteiger partial charge in [-0.3, -0.25) is 19.4 Å². The van der Waals surface area contributed by atoms with Crippen LogP contribution in [0.3, 0.4) is 0 Å². The van der Waals surface area contributed by atoms with E-state index >= 15 is 0 Å². The number of fused-ring (bicyclic) bond motifs is 2. The predicted octanol–water partition coefficient (Wildman–Crippen LogP) is 3.63. The van der Waals surface area contributed by atoms with Gasteiger partial charge in [0.15, 0.2) is 5.75 Å². The molecule has 0 unspecified atom stereocenters. The molecule has 38 heavy (non-hydrogen) atoms. The largest absolute Gasteiger partial charge is 0.485 e. The van der Waals surface area contributed by atoms with E-state index in [4.69, 9.17) is 9.72 Å². The third-order valence-electron chi connectivity index (χ3n) is 7.99. The lowest BCUT2D eigenvalue weighted by molar-refractivity contribution is -0.124. The van der Waals surface area contributed by atoms with Gasteiger partial charge in [-0.05, 0) is 69.8 Å². The maximum Gasteiger partial charge on any atom is 0.298 e. The van der Waals surface area contributed by atoms with Gasteiger partial charge in [-0.1, -0.05) is 5.92 Å². The summed E-state index contributed by atoms with van der Waals surface area (Å²) in [6, 6.07) is 4.58. The number of aromatic nitrogens is 4. The fourth-order valence-corrected chi connectivity index (χ4v) is 5.99. The molecule has 6 rings (SSSR count). The highest BCUT2D eigenvalue weighted by Crippen LogP contribution is 2.40. The van der Waals surface area contributed by atoms with E-state index in [1.807, 2.05) is 43.5 Å². The van der Waals surface area contributed by atoms with Crippen molar-refractivity contribution in [1.82, 2.24) is 29.5 Å². The summed E-state index contributed by atoms with van der Waals surface area (Å²) < 4.78 is 8.11. The van der Waals surface area contributed by atoms with Crippen molar-refractivity contribution in [3.63, 3.8) is 0 Å². The standard InChI is InChI=1S/C29H33N7O2/c1-4-5-27(37)36-13-9-22(17-36)35-11-7-20(8-12-35)25-14-26-28(19(2)32-25)38-18-24-23(6-10-30-29(24)33-26)21-15-31-34(3)16-21/h6,10,14-16,20,22H,7-9,11-13,17-18H2,1-3H3,(H,30,33)/t22-/m1/s1. The highest BCUT2D eigenvalue weighted by molar-refractivity contribution is 5.93. The molecular formula is C29H33N7O2. The molecule has 9 heteroatoms. The van der Waals surface area contributed by atoms with Crippen LogP contribution in [0.25, 0.3) is 11.1 Å². The Morgan fingerprint density at radius 3 is 2.82 bits per heavy atom. The van der Waals surface area contributed by atoms with Crippen LogP contribution in [0.15, 0.2) is 30.7 Å². The number of aryl methyl sites for hydroxylation is 2.